The molecule has 0 spiro atoms. The lowest BCUT2D eigenvalue weighted by atomic mass is 10.1. The normalized spacial score (nSPS) is 12.1. The van der Waals surface area contributed by atoms with Gasteiger partial charge in [-0.25, -0.2) is 0 Å². The largest absolute Gasteiger partial charge is 0.508 e. The van der Waals surface area contributed by atoms with Crippen LogP contribution in [-0.4, -0.2) is 18.7 Å². The zero-order chi connectivity index (χ0) is 13.0. The van der Waals surface area contributed by atoms with E-state index in [-0.39, 0.29) is 11.1 Å². The molecule has 0 fully saturated rings. The maximum absolute atomic E-state index is 9.25. The third-order valence-corrected chi connectivity index (χ3v) is 3.28. The maximum atomic E-state index is 9.25. The molecule has 2 nitrogen and oxygen atoms in total. The van der Waals surface area contributed by atoms with Gasteiger partial charge in [-0.1, -0.05) is 30.3 Å². The highest BCUT2D eigenvalue weighted by molar-refractivity contribution is 6.21. The van der Waals surface area contributed by atoms with E-state index < -0.39 is 0 Å². The van der Waals surface area contributed by atoms with Crippen LogP contribution in [-0.2, 0) is 0 Å². The summed E-state index contributed by atoms with van der Waals surface area (Å²) in [5, 5.41) is 9.20. The Morgan fingerprint density at radius 1 is 1.06 bits per heavy atom. The minimum Gasteiger partial charge on any atom is -0.508 e. The SMILES string of the molecule is CN(CC(Cl)c1ccccc1)c1ccc(O)cc1. The predicted octanol–water partition coefficient (Wildman–Crippen LogP) is 3.81. The van der Waals surface area contributed by atoms with Gasteiger partial charge >= 0.3 is 0 Å². The van der Waals surface area contributed by atoms with Crippen LogP contribution in [0.4, 0.5) is 5.69 Å². The van der Waals surface area contributed by atoms with Crippen LogP contribution < -0.4 is 4.90 Å². The van der Waals surface area contributed by atoms with Crippen LogP contribution in [0.15, 0.2) is 54.6 Å². The molecular weight excluding hydrogens is 246 g/mol. The molecule has 0 amide bonds. The fourth-order valence-corrected chi connectivity index (χ4v) is 2.17. The van der Waals surface area contributed by atoms with Gasteiger partial charge in [-0.3, -0.25) is 0 Å². The maximum Gasteiger partial charge on any atom is 0.115 e. The molecule has 0 saturated heterocycles. The summed E-state index contributed by atoms with van der Waals surface area (Å²) in [6, 6.07) is 17.1. The molecule has 94 valence electrons. The van der Waals surface area contributed by atoms with Crippen LogP contribution in [0.5, 0.6) is 5.75 Å². The van der Waals surface area contributed by atoms with Gasteiger partial charge in [0.05, 0.1) is 5.38 Å². The topological polar surface area (TPSA) is 23.5 Å². The first-order chi connectivity index (χ1) is 8.66. The first kappa shape index (κ1) is 12.8. The van der Waals surface area contributed by atoms with E-state index in [1.165, 1.54) is 0 Å². The van der Waals surface area contributed by atoms with E-state index in [0.29, 0.717) is 0 Å². The van der Waals surface area contributed by atoms with Crippen LogP contribution >= 0.6 is 11.6 Å². The number of anilines is 1. The number of nitrogens with zero attached hydrogens (tertiary/aromatic N) is 1. The molecule has 1 atom stereocenters. The van der Waals surface area contributed by atoms with Crippen molar-refractivity contribution in [1.29, 1.82) is 0 Å². The Hall–Kier alpha value is -1.67. The zero-order valence-corrected chi connectivity index (χ0v) is 11.0. The first-order valence-electron chi connectivity index (χ1n) is 5.86. The summed E-state index contributed by atoms with van der Waals surface area (Å²) >= 11 is 6.39. The molecular formula is C15H16ClNO. The molecule has 2 aromatic rings. The van der Waals surface area contributed by atoms with E-state index in [0.717, 1.165) is 17.8 Å². The van der Waals surface area contributed by atoms with Crippen LogP contribution in [0.3, 0.4) is 0 Å². The molecule has 0 heterocycles. The van der Waals surface area contributed by atoms with Gasteiger partial charge in [-0.05, 0) is 29.8 Å². The average molecular weight is 262 g/mol. The molecule has 0 aliphatic rings. The Balaban J connectivity index is 2.03. The number of alkyl halides is 1. The Bertz CT molecular complexity index is 484. The van der Waals surface area contributed by atoms with Crippen LogP contribution in [0.1, 0.15) is 10.9 Å². The Kier molecular flexibility index (Phi) is 4.11. The number of halogens is 1. The van der Waals surface area contributed by atoms with E-state index in [1.54, 1.807) is 12.1 Å². The second-order valence-corrected chi connectivity index (χ2v) is 4.80. The third-order valence-electron chi connectivity index (χ3n) is 2.89. The van der Waals surface area contributed by atoms with Crippen molar-refractivity contribution in [3.8, 4) is 5.75 Å². The lowest BCUT2D eigenvalue weighted by Crippen LogP contribution is -2.21. The van der Waals surface area contributed by atoms with E-state index >= 15 is 0 Å². The number of likely N-dealkylation sites (N-methyl/N-ethyl adjacent to an activating group) is 1. The van der Waals surface area contributed by atoms with Gasteiger partial charge in [-0.2, -0.15) is 0 Å². The second-order valence-electron chi connectivity index (χ2n) is 4.28. The quantitative estimate of drug-likeness (QED) is 0.846. The van der Waals surface area contributed by atoms with Gasteiger partial charge in [0.25, 0.3) is 0 Å². The summed E-state index contributed by atoms with van der Waals surface area (Å²) in [6.45, 7) is 0.719. The summed E-state index contributed by atoms with van der Waals surface area (Å²) in [4.78, 5) is 2.07. The number of phenols is 1. The molecule has 0 radical (unpaired) electrons. The number of hydrogen-bond donors (Lipinski definition) is 1. The first-order valence-corrected chi connectivity index (χ1v) is 6.29. The smallest absolute Gasteiger partial charge is 0.115 e. The van der Waals surface area contributed by atoms with Crippen molar-refractivity contribution in [3.05, 3.63) is 60.2 Å². The van der Waals surface area contributed by atoms with Gasteiger partial charge in [0, 0.05) is 19.3 Å². The molecule has 0 aromatic heterocycles. The number of hydrogen-bond acceptors (Lipinski definition) is 2. The van der Waals surface area contributed by atoms with Crippen LogP contribution in [0, 0.1) is 0 Å². The van der Waals surface area contributed by atoms with Crippen molar-refractivity contribution in [1.82, 2.24) is 0 Å². The van der Waals surface area contributed by atoms with Crippen molar-refractivity contribution in [2.75, 3.05) is 18.5 Å². The highest BCUT2D eigenvalue weighted by Gasteiger charge is 2.11. The minimum atomic E-state index is -0.0509. The summed E-state index contributed by atoms with van der Waals surface area (Å²) in [6.07, 6.45) is 0. The average Bonchev–Trinajstić information content (AvgIpc) is 2.40. The molecule has 1 unspecified atom stereocenters. The fraction of sp³-hybridized carbons (Fsp3) is 0.200. The molecule has 3 heteroatoms. The van der Waals surface area contributed by atoms with Crippen molar-refractivity contribution in [2.24, 2.45) is 0 Å². The molecule has 0 bridgehead atoms. The van der Waals surface area contributed by atoms with Crippen molar-refractivity contribution < 1.29 is 5.11 Å². The van der Waals surface area contributed by atoms with Gasteiger partial charge in [-0.15, -0.1) is 11.6 Å². The van der Waals surface area contributed by atoms with Crippen LogP contribution in [0.25, 0.3) is 0 Å². The van der Waals surface area contributed by atoms with Crippen molar-refractivity contribution in [2.45, 2.75) is 5.38 Å². The van der Waals surface area contributed by atoms with Gasteiger partial charge in [0.2, 0.25) is 0 Å². The highest BCUT2D eigenvalue weighted by atomic mass is 35.5. The number of aromatic hydroxyl groups is 1. The minimum absolute atomic E-state index is 0.0509. The summed E-state index contributed by atoms with van der Waals surface area (Å²) in [5.41, 5.74) is 2.15. The summed E-state index contributed by atoms with van der Waals surface area (Å²) in [7, 11) is 1.99. The molecule has 2 rings (SSSR count). The van der Waals surface area contributed by atoms with Crippen molar-refractivity contribution in [3.63, 3.8) is 0 Å². The van der Waals surface area contributed by atoms with Crippen molar-refractivity contribution >= 4 is 17.3 Å². The third kappa shape index (κ3) is 3.17. The fourth-order valence-electron chi connectivity index (χ4n) is 1.82. The Morgan fingerprint density at radius 3 is 2.28 bits per heavy atom. The lowest BCUT2D eigenvalue weighted by Gasteiger charge is -2.22. The molecule has 2 aromatic carbocycles. The summed E-state index contributed by atoms with van der Waals surface area (Å²) in [5.74, 6) is 0.276. The standard InChI is InChI=1S/C15H16ClNO/c1-17(13-7-9-14(18)10-8-13)11-15(16)12-5-3-2-4-6-12/h2-10,15,18H,11H2,1H3. The van der Waals surface area contributed by atoms with Gasteiger partial charge < -0.3 is 10.0 Å². The number of benzene rings is 2. The lowest BCUT2D eigenvalue weighted by molar-refractivity contribution is 0.475. The molecule has 1 N–H and O–H groups in total. The zero-order valence-electron chi connectivity index (χ0n) is 10.3. The Morgan fingerprint density at radius 2 is 1.67 bits per heavy atom. The number of rotatable bonds is 4. The number of phenolic OH excluding ortho intramolecular Hbond substituents is 1. The van der Waals surface area contributed by atoms with Gasteiger partial charge in [0.15, 0.2) is 0 Å². The van der Waals surface area contributed by atoms with E-state index in [4.69, 9.17) is 11.6 Å². The Labute approximate surface area is 112 Å². The summed E-state index contributed by atoms with van der Waals surface area (Å²) < 4.78 is 0. The van der Waals surface area contributed by atoms with Gasteiger partial charge in [0.1, 0.15) is 5.75 Å². The monoisotopic (exact) mass is 261 g/mol. The molecule has 0 saturated carbocycles. The highest BCUT2D eigenvalue weighted by Crippen LogP contribution is 2.24. The molecule has 0 aliphatic heterocycles. The second kappa shape index (κ2) is 5.78. The molecule has 18 heavy (non-hydrogen) atoms. The molecule has 0 aliphatic carbocycles. The van der Waals surface area contributed by atoms with E-state index in [1.807, 2.05) is 49.5 Å². The predicted molar refractivity (Wildman–Crippen MR) is 76.4 cm³/mol. The van der Waals surface area contributed by atoms with E-state index in [2.05, 4.69) is 4.90 Å². The van der Waals surface area contributed by atoms with E-state index in [9.17, 15) is 5.11 Å². The van der Waals surface area contributed by atoms with Crippen LogP contribution in [0.2, 0.25) is 0 Å².